The molecule has 1 heterocycles. The molecule has 0 spiro atoms. The summed E-state index contributed by atoms with van der Waals surface area (Å²) in [5, 5.41) is 25.9. The second-order valence-corrected chi connectivity index (χ2v) is 6.34. The maximum absolute atomic E-state index is 9.23. The van der Waals surface area contributed by atoms with E-state index in [4.69, 9.17) is 0 Å². The van der Waals surface area contributed by atoms with Crippen LogP contribution >= 0.6 is 11.8 Å². The lowest BCUT2D eigenvalue weighted by Gasteiger charge is -2.09. The molecule has 0 atom stereocenters. The summed E-state index contributed by atoms with van der Waals surface area (Å²) in [4.78, 5) is 1.10. The monoisotopic (exact) mass is 348 g/mol. The molecule has 0 aliphatic rings. The highest BCUT2D eigenvalue weighted by atomic mass is 32.2. The first-order valence-corrected chi connectivity index (χ1v) is 8.63. The van der Waals surface area contributed by atoms with Crippen LogP contribution in [0.25, 0.3) is 5.57 Å². The van der Waals surface area contributed by atoms with Gasteiger partial charge in [-0.05, 0) is 29.8 Å². The van der Waals surface area contributed by atoms with E-state index in [2.05, 4.69) is 69.3 Å². The van der Waals surface area contributed by atoms with Crippen LogP contribution < -0.4 is 5.32 Å². The molecule has 2 N–H and O–H groups in total. The number of anilines is 1. The Morgan fingerprint density at radius 2 is 2.04 bits per heavy atom. The minimum atomic E-state index is 0.264. The number of tetrazole rings is 1. The van der Waals surface area contributed by atoms with E-state index in [0.29, 0.717) is 5.57 Å². The number of hydrogen-bond donors (Lipinski definition) is 2. The fourth-order valence-electron chi connectivity index (χ4n) is 2.13. The number of aromatic nitrogens is 4. The average molecular weight is 348 g/mol. The van der Waals surface area contributed by atoms with Crippen LogP contribution in [0, 0.1) is 18.3 Å². The van der Waals surface area contributed by atoms with E-state index in [1.165, 1.54) is 11.1 Å². The van der Waals surface area contributed by atoms with Crippen LogP contribution in [0.15, 0.2) is 59.6 Å². The molecule has 7 heteroatoms. The van der Waals surface area contributed by atoms with Crippen molar-refractivity contribution in [1.29, 1.82) is 5.26 Å². The molecular formula is C18H16N6S. The van der Waals surface area contributed by atoms with Gasteiger partial charge in [0, 0.05) is 16.8 Å². The van der Waals surface area contributed by atoms with E-state index in [1.54, 1.807) is 18.0 Å². The maximum Gasteiger partial charge on any atom is 0.216 e. The minimum absolute atomic E-state index is 0.264. The van der Waals surface area contributed by atoms with Gasteiger partial charge in [0.25, 0.3) is 0 Å². The molecule has 1 aromatic heterocycles. The van der Waals surface area contributed by atoms with Gasteiger partial charge in [0.1, 0.15) is 11.6 Å². The Labute approximate surface area is 150 Å². The van der Waals surface area contributed by atoms with Gasteiger partial charge in [0.2, 0.25) is 5.82 Å². The molecule has 6 nitrogen and oxygen atoms in total. The van der Waals surface area contributed by atoms with E-state index in [-0.39, 0.29) is 5.82 Å². The largest absolute Gasteiger partial charge is 0.359 e. The summed E-state index contributed by atoms with van der Waals surface area (Å²) in [5.74, 6) is 1.14. The van der Waals surface area contributed by atoms with E-state index in [0.717, 1.165) is 16.3 Å². The number of rotatable bonds is 6. The maximum atomic E-state index is 9.23. The zero-order valence-corrected chi connectivity index (χ0v) is 14.4. The molecule has 0 aliphatic carbocycles. The number of benzene rings is 2. The second kappa shape index (κ2) is 8.13. The number of nitrogens with zero attached hydrogens (tertiary/aromatic N) is 4. The summed E-state index contributed by atoms with van der Waals surface area (Å²) in [6.07, 6.45) is 1.59. The highest BCUT2D eigenvalue weighted by Gasteiger charge is 2.07. The molecule has 25 heavy (non-hydrogen) atoms. The summed E-state index contributed by atoms with van der Waals surface area (Å²) in [7, 11) is 0. The molecule has 0 bridgehead atoms. The Kier molecular flexibility index (Phi) is 5.44. The van der Waals surface area contributed by atoms with Crippen LogP contribution in [0.1, 0.15) is 17.0 Å². The quantitative estimate of drug-likeness (QED) is 0.520. The fourth-order valence-corrected chi connectivity index (χ4v) is 3.10. The second-order valence-electron chi connectivity index (χ2n) is 5.32. The smallest absolute Gasteiger partial charge is 0.216 e. The van der Waals surface area contributed by atoms with Crippen molar-refractivity contribution in [2.24, 2.45) is 0 Å². The lowest BCUT2D eigenvalue weighted by atomic mass is 10.2. The number of nitriles is 1. The van der Waals surface area contributed by atoms with Gasteiger partial charge in [0.05, 0.1) is 5.69 Å². The minimum Gasteiger partial charge on any atom is -0.359 e. The molecule has 0 aliphatic heterocycles. The molecule has 3 rings (SSSR count). The van der Waals surface area contributed by atoms with Crippen LogP contribution in [-0.4, -0.2) is 20.6 Å². The number of aryl methyl sites for hydroxylation is 1. The highest BCUT2D eigenvalue weighted by Crippen LogP contribution is 2.30. The molecule has 0 fully saturated rings. The Balaban J connectivity index is 1.72. The molecule has 0 saturated carbocycles. The molecule has 0 amide bonds. The van der Waals surface area contributed by atoms with Gasteiger partial charge in [-0.25, -0.2) is 0 Å². The van der Waals surface area contributed by atoms with Crippen LogP contribution in [0.4, 0.5) is 5.69 Å². The van der Waals surface area contributed by atoms with Crippen LogP contribution in [0.3, 0.4) is 0 Å². The first-order chi connectivity index (χ1) is 12.3. The Bertz CT molecular complexity index is 894. The summed E-state index contributed by atoms with van der Waals surface area (Å²) in [6.45, 7) is 2.08. The number of hydrogen-bond acceptors (Lipinski definition) is 6. The fraction of sp³-hybridized carbons (Fsp3) is 0.111. The average Bonchev–Trinajstić information content (AvgIpc) is 3.17. The van der Waals surface area contributed by atoms with Crippen molar-refractivity contribution in [3.8, 4) is 6.07 Å². The molecule has 0 saturated heterocycles. The SMILES string of the molecule is Cc1ccc(CSc2ccccc2NC=C(C#N)c2nn[nH]n2)cc1. The number of para-hydroxylation sites is 1. The third-order valence-corrected chi connectivity index (χ3v) is 4.63. The van der Waals surface area contributed by atoms with Gasteiger partial charge in [-0.15, -0.1) is 22.0 Å². The number of H-pyrrole nitrogens is 1. The van der Waals surface area contributed by atoms with E-state index in [1.807, 2.05) is 18.2 Å². The summed E-state index contributed by atoms with van der Waals surface area (Å²) in [6, 6.07) is 18.6. The Hall–Kier alpha value is -3.11. The number of nitrogens with one attached hydrogen (secondary N) is 2. The van der Waals surface area contributed by atoms with Crippen molar-refractivity contribution in [3.05, 3.63) is 71.7 Å². The van der Waals surface area contributed by atoms with Gasteiger partial charge < -0.3 is 5.32 Å². The molecule has 0 unspecified atom stereocenters. The molecular weight excluding hydrogens is 332 g/mol. The topological polar surface area (TPSA) is 90.3 Å². The van der Waals surface area contributed by atoms with Gasteiger partial charge in [-0.3, -0.25) is 0 Å². The zero-order chi connectivity index (χ0) is 17.5. The third kappa shape index (κ3) is 4.46. The van der Waals surface area contributed by atoms with Gasteiger partial charge in [-0.2, -0.15) is 10.5 Å². The molecule has 0 radical (unpaired) electrons. The zero-order valence-electron chi connectivity index (χ0n) is 13.6. The number of aromatic amines is 1. The lowest BCUT2D eigenvalue weighted by Crippen LogP contribution is -1.94. The Morgan fingerprint density at radius 3 is 2.76 bits per heavy atom. The Morgan fingerprint density at radius 1 is 1.24 bits per heavy atom. The number of allylic oxidation sites excluding steroid dienone is 1. The lowest BCUT2D eigenvalue weighted by molar-refractivity contribution is 0.881. The van der Waals surface area contributed by atoms with E-state index < -0.39 is 0 Å². The van der Waals surface area contributed by atoms with Gasteiger partial charge >= 0.3 is 0 Å². The van der Waals surface area contributed by atoms with Crippen molar-refractivity contribution in [2.45, 2.75) is 17.6 Å². The normalized spacial score (nSPS) is 11.1. The molecule has 3 aromatic rings. The van der Waals surface area contributed by atoms with Gasteiger partial charge in [-0.1, -0.05) is 42.0 Å². The van der Waals surface area contributed by atoms with Crippen LogP contribution in [0.5, 0.6) is 0 Å². The standard InChI is InChI=1S/C18H16N6S/c1-13-6-8-14(9-7-13)12-25-17-5-3-2-4-16(17)20-11-15(10-19)18-21-23-24-22-18/h2-9,11,20H,12H2,1H3,(H,21,22,23,24). The third-order valence-electron chi connectivity index (χ3n) is 3.48. The van der Waals surface area contributed by atoms with E-state index >= 15 is 0 Å². The van der Waals surface area contributed by atoms with Gasteiger partial charge in [0.15, 0.2) is 0 Å². The molecule has 2 aromatic carbocycles. The summed E-state index contributed by atoms with van der Waals surface area (Å²) in [5.41, 5.74) is 3.76. The van der Waals surface area contributed by atoms with Crippen molar-refractivity contribution in [1.82, 2.24) is 20.6 Å². The van der Waals surface area contributed by atoms with Crippen molar-refractivity contribution < 1.29 is 0 Å². The first-order valence-electron chi connectivity index (χ1n) is 7.64. The van der Waals surface area contributed by atoms with Crippen LogP contribution in [-0.2, 0) is 5.75 Å². The van der Waals surface area contributed by atoms with E-state index in [9.17, 15) is 5.26 Å². The summed E-state index contributed by atoms with van der Waals surface area (Å²) >= 11 is 1.74. The van der Waals surface area contributed by atoms with Crippen LogP contribution in [0.2, 0.25) is 0 Å². The number of thioether (sulfide) groups is 1. The molecule has 124 valence electrons. The van der Waals surface area contributed by atoms with Crippen molar-refractivity contribution >= 4 is 23.0 Å². The van der Waals surface area contributed by atoms with Crippen molar-refractivity contribution in [3.63, 3.8) is 0 Å². The van der Waals surface area contributed by atoms with Crippen molar-refractivity contribution in [2.75, 3.05) is 5.32 Å². The summed E-state index contributed by atoms with van der Waals surface area (Å²) < 4.78 is 0. The highest BCUT2D eigenvalue weighted by molar-refractivity contribution is 7.98. The predicted molar refractivity (Wildman–Crippen MR) is 98.6 cm³/mol. The predicted octanol–water partition coefficient (Wildman–Crippen LogP) is 3.78. The first kappa shape index (κ1) is 16.7.